The number of halogens is 1. The molecule has 1 heterocycles. The van der Waals surface area contributed by atoms with E-state index in [0.717, 1.165) is 57.2 Å². The lowest BCUT2D eigenvalue weighted by molar-refractivity contribution is -0.127. The summed E-state index contributed by atoms with van der Waals surface area (Å²) in [5, 5.41) is 6.41. The molecule has 1 saturated carbocycles. The molecule has 29 heavy (non-hydrogen) atoms. The number of fused-ring (bicyclic) bond motifs is 1. The SMILES string of the molecule is Cl.Nc1ccc2c(c1)CCCC2NC(=O)C1CCCN(C(=O)NC2CCCC2)C1. The quantitative estimate of drug-likeness (QED) is 0.653. The third-order valence-corrected chi connectivity index (χ3v) is 6.56. The van der Waals surface area contributed by atoms with Gasteiger partial charge in [-0.1, -0.05) is 18.9 Å². The van der Waals surface area contributed by atoms with E-state index < -0.39 is 0 Å². The Bertz CT molecular complexity index is 736. The monoisotopic (exact) mass is 420 g/mol. The van der Waals surface area contributed by atoms with Crippen molar-refractivity contribution in [3.8, 4) is 0 Å². The molecule has 1 aliphatic heterocycles. The maximum atomic E-state index is 13.0. The zero-order valence-corrected chi connectivity index (χ0v) is 17.8. The first-order chi connectivity index (χ1) is 13.6. The highest BCUT2D eigenvalue weighted by molar-refractivity contribution is 5.85. The summed E-state index contributed by atoms with van der Waals surface area (Å²) >= 11 is 0. The molecule has 2 atom stereocenters. The van der Waals surface area contributed by atoms with Crippen LogP contribution < -0.4 is 16.4 Å². The van der Waals surface area contributed by atoms with Gasteiger partial charge in [-0.05, 0) is 68.2 Å². The molecule has 2 fully saturated rings. The topological polar surface area (TPSA) is 87.5 Å². The second kappa shape index (κ2) is 9.70. The Kier molecular flexibility index (Phi) is 7.28. The molecule has 4 rings (SSSR count). The number of benzene rings is 1. The van der Waals surface area contributed by atoms with Crippen LogP contribution in [0.25, 0.3) is 0 Å². The summed E-state index contributed by atoms with van der Waals surface area (Å²) in [6.45, 7) is 1.26. The Morgan fingerprint density at radius 2 is 1.79 bits per heavy atom. The van der Waals surface area contributed by atoms with E-state index in [0.29, 0.717) is 12.6 Å². The highest BCUT2D eigenvalue weighted by atomic mass is 35.5. The molecular formula is C22H33ClN4O2. The van der Waals surface area contributed by atoms with Crippen LogP contribution in [0.4, 0.5) is 10.5 Å². The molecule has 0 bridgehead atoms. The van der Waals surface area contributed by atoms with E-state index in [-0.39, 0.29) is 36.3 Å². The van der Waals surface area contributed by atoms with Gasteiger partial charge in [-0.15, -0.1) is 12.4 Å². The van der Waals surface area contributed by atoms with Gasteiger partial charge in [0.15, 0.2) is 0 Å². The average Bonchev–Trinajstić information content (AvgIpc) is 3.21. The van der Waals surface area contributed by atoms with Gasteiger partial charge in [-0.25, -0.2) is 4.79 Å². The van der Waals surface area contributed by atoms with Crippen LogP contribution >= 0.6 is 12.4 Å². The third-order valence-electron chi connectivity index (χ3n) is 6.56. The van der Waals surface area contributed by atoms with Crippen molar-refractivity contribution in [2.24, 2.45) is 5.92 Å². The number of piperidine rings is 1. The fraction of sp³-hybridized carbons (Fsp3) is 0.636. The Morgan fingerprint density at radius 3 is 2.59 bits per heavy atom. The van der Waals surface area contributed by atoms with E-state index in [4.69, 9.17) is 5.73 Å². The van der Waals surface area contributed by atoms with Gasteiger partial charge in [0.25, 0.3) is 0 Å². The third kappa shape index (κ3) is 5.16. The Hall–Kier alpha value is -1.95. The molecule has 2 unspecified atom stereocenters. The summed E-state index contributed by atoms with van der Waals surface area (Å²) < 4.78 is 0. The molecule has 0 aromatic heterocycles. The molecule has 1 saturated heterocycles. The lowest BCUT2D eigenvalue weighted by Gasteiger charge is -2.34. The largest absolute Gasteiger partial charge is 0.399 e. The molecule has 1 aromatic rings. The second-order valence-corrected chi connectivity index (χ2v) is 8.63. The molecule has 1 aromatic carbocycles. The van der Waals surface area contributed by atoms with Gasteiger partial charge in [-0.2, -0.15) is 0 Å². The predicted octanol–water partition coefficient (Wildman–Crippen LogP) is 3.55. The Morgan fingerprint density at radius 1 is 1.00 bits per heavy atom. The lowest BCUT2D eigenvalue weighted by atomic mass is 9.86. The first-order valence-corrected chi connectivity index (χ1v) is 10.8. The molecular weight excluding hydrogens is 388 g/mol. The number of urea groups is 1. The predicted molar refractivity (Wildman–Crippen MR) is 117 cm³/mol. The zero-order valence-electron chi connectivity index (χ0n) is 17.0. The van der Waals surface area contributed by atoms with Crippen molar-refractivity contribution in [1.29, 1.82) is 0 Å². The van der Waals surface area contributed by atoms with Crippen LogP contribution in [0.2, 0.25) is 0 Å². The summed E-state index contributed by atoms with van der Waals surface area (Å²) in [6.07, 6.45) is 9.32. The minimum Gasteiger partial charge on any atom is -0.399 e. The van der Waals surface area contributed by atoms with Gasteiger partial charge in [0.2, 0.25) is 5.91 Å². The number of nitrogens with zero attached hydrogens (tertiary/aromatic N) is 1. The van der Waals surface area contributed by atoms with Crippen LogP contribution in [0.3, 0.4) is 0 Å². The number of rotatable bonds is 3. The van der Waals surface area contributed by atoms with E-state index in [1.165, 1.54) is 24.0 Å². The van der Waals surface area contributed by atoms with E-state index in [1.54, 1.807) is 0 Å². The molecule has 0 spiro atoms. The minimum atomic E-state index is -0.123. The number of hydrogen-bond acceptors (Lipinski definition) is 3. The van der Waals surface area contributed by atoms with Crippen LogP contribution in [-0.2, 0) is 11.2 Å². The van der Waals surface area contributed by atoms with E-state index >= 15 is 0 Å². The highest BCUT2D eigenvalue weighted by Gasteiger charge is 2.31. The molecule has 4 N–H and O–H groups in total. The van der Waals surface area contributed by atoms with Crippen molar-refractivity contribution in [3.63, 3.8) is 0 Å². The van der Waals surface area contributed by atoms with Crippen molar-refractivity contribution in [1.82, 2.24) is 15.5 Å². The van der Waals surface area contributed by atoms with Gasteiger partial charge in [-0.3, -0.25) is 4.79 Å². The molecule has 2 aliphatic carbocycles. The van der Waals surface area contributed by atoms with Gasteiger partial charge in [0, 0.05) is 24.8 Å². The van der Waals surface area contributed by atoms with Crippen molar-refractivity contribution >= 4 is 30.0 Å². The molecule has 160 valence electrons. The maximum Gasteiger partial charge on any atom is 0.317 e. The van der Waals surface area contributed by atoms with Crippen LogP contribution in [0, 0.1) is 5.92 Å². The Balaban J connectivity index is 0.00000240. The average molecular weight is 421 g/mol. The van der Waals surface area contributed by atoms with Crippen LogP contribution in [0.1, 0.15) is 68.5 Å². The fourth-order valence-electron chi connectivity index (χ4n) is 4.99. The zero-order chi connectivity index (χ0) is 19.5. The molecule has 6 nitrogen and oxygen atoms in total. The Labute approximate surface area is 179 Å². The number of nitrogens with two attached hydrogens (primary N) is 1. The smallest absolute Gasteiger partial charge is 0.317 e. The molecule has 3 amide bonds. The van der Waals surface area contributed by atoms with E-state index in [2.05, 4.69) is 16.7 Å². The number of aryl methyl sites for hydroxylation is 1. The summed E-state index contributed by atoms with van der Waals surface area (Å²) in [4.78, 5) is 27.4. The number of carbonyl (C=O) groups is 2. The lowest BCUT2D eigenvalue weighted by Crippen LogP contribution is -2.51. The molecule has 3 aliphatic rings. The minimum absolute atomic E-state index is 0. The van der Waals surface area contributed by atoms with Gasteiger partial charge in [0.1, 0.15) is 0 Å². The number of likely N-dealkylation sites (tertiary alicyclic amines) is 1. The summed E-state index contributed by atoms with van der Waals surface area (Å²) in [5.41, 5.74) is 9.14. The molecule has 0 radical (unpaired) electrons. The number of nitrogens with one attached hydrogen (secondary N) is 2. The number of anilines is 1. The normalized spacial score (nSPS) is 24.3. The van der Waals surface area contributed by atoms with Gasteiger partial charge in [0.05, 0.1) is 12.0 Å². The van der Waals surface area contributed by atoms with Crippen molar-refractivity contribution < 1.29 is 9.59 Å². The maximum absolute atomic E-state index is 13.0. The van der Waals surface area contributed by atoms with Crippen LogP contribution in [0.15, 0.2) is 18.2 Å². The van der Waals surface area contributed by atoms with Crippen molar-refractivity contribution in [3.05, 3.63) is 29.3 Å². The standard InChI is InChI=1S/C22H32N4O2.ClH/c23-17-10-11-19-15(13-17)5-3-9-20(19)25-21(27)16-6-4-12-26(14-16)22(28)24-18-7-1-2-8-18;/h10-11,13,16,18,20H,1-9,12,14,23H2,(H,24,28)(H,25,27);1H. The van der Waals surface area contributed by atoms with Crippen LogP contribution in [-0.4, -0.2) is 36.0 Å². The van der Waals surface area contributed by atoms with Crippen molar-refractivity contribution in [2.75, 3.05) is 18.8 Å². The number of carbonyl (C=O) groups excluding carboxylic acids is 2. The number of nitrogen functional groups attached to an aromatic ring is 1. The second-order valence-electron chi connectivity index (χ2n) is 8.63. The van der Waals surface area contributed by atoms with Gasteiger partial charge >= 0.3 is 6.03 Å². The summed E-state index contributed by atoms with van der Waals surface area (Å²) in [7, 11) is 0. The van der Waals surface area contributed by atoms with Gasteiger partial charge < -0.3 is 21.3 Å². The van der Waals surface area contributed by atoms with Crippen molar-refractivity contribution in [2.45, 2.75) is 69.9 Å². The first kappa shape index (κ1) is 21.8. The summed E-state index contributed by atoms with van der Waals surface area (Å²) in [6, 6.07) is 6.37. The number of amides is 3. The highest BCUT2D eigenvalue weighted by Crippen LogP contribution is 2.31. The van der Waals surface area contributed by atoms with Crippen LogP contribution in [0.5, 0.6) is 0 Å². The fourth-order valence-corrected chi connectivity index (χ4v) is 4.99. The van der Waals surface area contributed by atoms with E-state index in [9.17, 15) is 9.59 Å². The summed E-state index contributed by atoms with van der Waals surface area (Å²) in [5.74, 6) is -0.0460. The number of hydrogen-bond donors (Lipinski definition) is 3. The molecule has 7 heteroatoms. The van der Waals surface area contributed by atoms with E-state index in [1.807, 2.05) is 17.0 Å². The first-order valence-electron chi connectivity index (χ1n) is 10.8.